The first-order chi connectivity index (χ1) is 10.7. The Labute approximate surface area is 132 Å². The monoisotopic (exact) mass is 293 g/mol. The van der Waals surface area contributed by atoms with Gasteiger partial charge in [0.1, 0.15) is 0 Å². The molecule has 1 N–H and O–H groups in total. The van der Waals surface area contributed by atoms with E-state index in [0.717, 1.165) is 12.1 Å². The highest BCUT2D eigenvalue weighted by molar-refractivity contribution is 5.79. The summed E-state index contributed by atoms with van der Waals surface area (Å²) in [7, 11) is 0. The average molecular weight is 293 g/mol. The fourth-order valence-corrected chi connectivity index (χ4v) is 3.35. The molecule has 0 radical (unpaired) electrons. The summed E-state index contributed by atoms with van der Waals surface area (Å²) in [5, 5.41) is 3.13. The van der Waals surface area contributed by atoms with Crippen molar-refractivity contribution >= 4 is 5.91 Å². The molecule has 1 aliphatic carbocycles. The van der Waals surface area contributed by atoms with Crippen LogP contribution >= 0.6 is 0 Å². The first-order valence-corrected chi connectivity index (χ1v) is 8.13. The number of nitrogens with one attached hydrogen (secondary N) is 1. The van der Waals surface area contributed by atoms with Crippen LogP contribution in [-0.2, 0) is 17.6 Å². The Morgan fingerprint density at radius 3 is 2.77 bits per heavy atom. The van der Waals surface area contributed by atoms with Gasteiger partial charge >= 0.3 is 0 Å². The summed E-state index contributed by atoms with van der Waals surface area (Å²) in [4.78, 5) is 12.2. The summed E-state index contributed by atoms with van der Waals surface area (Å²) >= 11 is 0. The highest BCUT2D eigenvalue weighted by Gasteiger charge is 2.20. The Morgan fingerprint density at radius 2 is 1.91 bits per heavy atom. The number of benzene rings is 2. The van der Waals surface area contributed by atoms with Crippen LogP contribution in [0.3, 0.4) is 0 Å². The molecule has 1 unspecified atom stereocenters. The maximum Gasteiger partial charge on any atom is 0.224 e. The molecule has 2 nitrogen and oxygen atoms in total. The molecule has 1 atom stereocenters. The molecule has 2 heteroatoms. The van der Waals surface area contributed by atoms with Crippen LogP contribution in [0.1, 0.15) is 41.0 Å². The Morgan fingerprint density at radius 1 is 1.14 bits per heavy atom. The van der Waals surface area contributed by atoms with Gasteiger partial charge in [-0.2, -0.15) is 0 Å². The van der Waals surface area contributed by atoms with Crippen LogP contribution in [0, 0.1) is 6.92 Å². The van der Waals surface area contributed by atoms with Crippen molar-refractivity contribution in [3.63, 3.8) is 0 Å². The van der Waals surface area contributed by atoms with Crippen molar-refractivity contribution in [3.8, 4) is 0 Å². The minimum absolute atomic E-state index is 0.123. The molecule has 22 heavy (non-hydrogen) atoms. The summed E-state index contributed by atoms with van der Waals surface area (Å²) in [6.07, 6.45) is 4.03. The molecule has 0 aromatic heterocycles. The Hall–Kier alpha value is -2.09. The fraction of sp³-hybridized carbons (Fsp3) is 0.350. The largest absolute Gasteiger partial charge is 0.355 e. The third kappa shape index (κ3) is 3.38. The van der Waals surface area contributed by atoms with Crippen molar-refractivity contribution in [1.29, 1.82) is 0 Å². The van der Waals surface area contributed by atoms with Crippen LogP contribution in [0.2, 0.25) is 0 Å². The first kappa shape index (κ1) is 14.8. The SMILES string of the molecule is Cc1ccccc1CC(=O)NCC1CCCc2ccccc21. The van der Waals surface area contributed by atoms with Crippen LogP contribution in [0.25, 0.3) is 0 Å². The van der Waals surface area contributed by atoms with E-state index in [1.54, 1.807) is 0 Å². The third-order valence-corrected chi connectivity index (χ3v) is 4.65. The maximum atomic E-state index is 12.2. The van der Waals surface area contributed by atoms with E-state index < -0.39 is 0 Å². The lowest BCUT2D eigenvalue weighted by Crippen LogP contribution is -2.31. The summed E-state index contributed by atoms with van der Waals surface area (Å²) in [5.74, 6) is 0.586. The molecule has 0 fully saturated rings. The van der Waals surface area contributed by atoms with E-state index in [2.05, 4.69) is 42.6 Å². The van der Waals surface area contributed by atoms with Gasteiger partial charge in [-0.1, -0.05) is 48.5 Å². The van der Waals surface area contributed by atoms with Gasteiger partial charge < -0.3 is 5.32 Å². The van der Waals surface area contributed by atoms with Crippen molar-refractivity contribution in [2.24, 2.45) is 0 Å². The third-order valence-electron chi connectivity index (χ3n) is 4.65. The van der Waals surface area contributed by atoms with Crippen LogP contribution in [0.4, 0.5) is 0 Å². The standard InChI is InChI=1S/C20H23NO/c1-15-7-2-3-9-17(15)13-20(22)21-14-18-11-6-10-16-8-4-5-12-19(16)18/h2-5,7-9,12,18H,6,10-11,13-14H2,1H3,(H,21,22). The number of fused-ring (bicyclic) bond motifs is 1. The Balaban J connectivity index is 1.59. The van der Waals surface area contributed by atoms with E-state index in [1.807, 2.05) is 18.2 Å². The van der Waals surface area contributed by atoms with Crippen LogP contribution in [0.5, 0.6) is 0 Å². The first-order valence-electron chi connectivity index (χ1n) is 8.13. The fourth-order valence-electron chi connectivity index (χ4n) is 3.35. The normalized spacial score (nSPS) is 16.9. The van der Waals surface area contributed by atoms with Crippen molar-refractivity contribution in [3.05, 3.63) is 70.8 Å². The molecule has 3 rings (SSSR count). The molecular weight excluding hydrogens is 270 g/mol. The lowest BCUT2D eigenvalue weighted by Gasteiger charge is -2.25. The minimum Gasteiger partial charge on any atom is -0.355 e. The van der Waals surface area contributed by atoms with E-state index in [0.29, 0.717) is 12.3 Å². The molecule has 1 aliphatic rings. The van der Waals surface area contributed by atoms with Crippen LogP contribution in [0.15, 0.2) is 48.5 Å². The average Bonchev–Trinajstić information content (AvgIpc) is 2.55. The molecule has 0 spiro atoms. The quantitative estimate of drug-likeness (QED) is 0.913. The summed E-state index contributed by atoms with van der Waals surface area (Å²) in [6.45, 7) is 2.81. The maximum absolute atomic E-state index is 12.2. The summed E-state index contributed by atoms with van der Waals surface area (Å²) in [5.41, 5.74) is 5.17. The second kappa shape index (κ2) is 6.78. The van der Waals surface area contributed by atoms with Crippen molar-refractivity contribution < 1.29 is 4.79 Å². The second-order valence-electron chi connectivity index (χ2n) is 6.20. The molecule has 114 valence electrons. The smallest absolute Gasteiger partial charge is 0.224 e. The molecule has 2 aromatic carbocycles. The van der Waals surface area contributed by atoms with Crippen LogP contribution < -0.4 is 5.32 Å². The van der Waals surface area contributed by atoms with Crippen molar-refractivity contribution in [2.45, 2.75) is 38.5 Å². The van der Waals surface area contributed by atoms with Gasteiger partial charge in [0.25, 0.3) is 0 Å². The van der Waals surface area contributed by atoms with E-state index in [-0.39, 0.29) is 5.91 Å². The zero-order chi connectivity index (χ0) is 15.4. The van der Waals surface area contributed by atoms with Gasteiger partial charge in [-0.25, -0.2) is 0 Å². The molecule has 2 aromatic rings. The number of hydrogen-bond donors (Lipinski definition) is 1. The van der Waals surface area contributed by atoms with Gasteiger partial charge in [0.15, 0.2) is 0 Å². The predicted molar refractivity (Wildman–Crippen MR) is 90.0 cm³/mol. The van der Waals surface area contributed by atoms with E-state index in [9.17, 15) is 4.79 Å². The zero-order valence-corrected chi connectivity index (χ0v) is 13.1. The molecule has 0 bridgehead atoms. The molecule has 0 aliphatic heterocycles. The molecule has 1 amide bonds. The minimum atomic E-state index is 0.123. The van der Waals surface area contributed by atoms with Crippen molar-refractivity contribution in [1.82, 2.24) is 5.32 Å². The van der Waals surface area contributed by atoms with Gasteiger partial charge in [-0.3, -0.25) is 4.79 Å². The summed E-state index contributed by atoms with van der Waals surface area (Å²) in [6, 6.07) is 16.7. The number of carbonyl (C=O) groups is 1. The lowest BCUT2D eigenvalue weighted by molar-refractivity contribution is -0.120. The van der Waals surface area contributed by atoms with E-state index in [4.69, 9.17) is 0 Å². The number of amides is 1. The van der Waals surface area contributed by atoms with Crippen LogP contribution in [-0.4, -0.2) is 12.5 Å². The van der Waals surface area contributed by atoms with E-state index >= 15 is 0 Å². The molecule has 0 saturated heterocycles. The lowest BCUT2D eigenvalue weighted by atomic mass is 9.83. The Bertz CT molecular complexity index is 662. The predicted octanol–water partition coefficient (Wildman–Crippen LogP) is 3.77. The van der Waals surface area contributed by atoms with Gasteiger partial charge in [0.2, 0.25) is 5.91 Å². The second-order valence-corrected chi connectivity index (χ2v) is 6.20. The Kier molecular flexibility index (Phi) is 4.57. The molecular formula is C20H23NO. The van der Waals surface area contributed by atoms with Gasteiger partial charge in [-0.05, 0) is 48.4 Å². The van der Waals surface area contributed by atoms with Gasteiger partial charge in [0.05, 0.1) is 6.42 Å². The zero-order valence-electron chi connectivity index (χ0n) is 13.1. The highest BCUT2D eigenvalue weighted by atomic mass is 16.1. The number of hydrogen-bond acceptors (Lipinski definition) is 1. The number of rotatable bonds is 4. The van der Waals surface area contributed by atoms with Gasteiger partial charge in [0, 0.05) is 12.5 Å². The van der Waals surface area contributed by atoms with E-state index in [1.165, 1.54) is 36.0 Å². The topological polar surface area (TPSA) is 29.1 Å². The summed E-state index contributed by atoms with van der Waals surface area (Å²) < 4.78 is 0. The molecule has 0 heterocycles. The number of aryl methyl sites for hydroxylation is 2. The highest BCUT2D eigenvalue weighted by Crippen LogP contribution is 2.30. The van der Waals surface area contributed by atoms with Gasteiger partial charge in [-0.15, -0.1) is 0 Å². The number of carbonyl (C=O) groups excluding carboxylic acids is 1. The molecule has 0 saturated carbocycles. The van der Waals surface area contributed by atoms with Crippen molar-refractivity contribution in [2.75, 3.05) is 6.54 Å².